The maximum absolute atomic E-state index is 5.37. The maximum Gasteiger partial charge on any atom is 0.160 e. The summed E-state index contributed by atoms with van der Waals surface area (Å²) in [5.41, 5.74) is 22.9. The Morgan fingerprint density at radius 1 is 0.212 bits per heavy atom. The molecule has 0 bridgehead atoms. The predicted molar refractivity (Wildman–Crippen MR) is 334 cm³/mol. The fraction of sp³-hybridized carbons (Fsp3) is 0. The molecule has 4 nitrogen and oxygen atoms in total. The quantitative estimate of drug-likeness (QED) is 0.137. The van der Waals surface area contributed by atoms with E-state index < -0.39 is 0 Å². The summed E-state index contributed by atoms with van der Waals surface area (Å²) in [4.78, 5) is 10.7. The Bertz CT molecular complexity index is 4530. The van der Waals surface area contributed by atoms with E-state index in [1.165, 1.54) is 66.1 Å². The van der Waals surface area contributed by atoms with Crippen molar-refractivity contribution in [3.8, 4) is 101 Å². The standard InChI is InChI=1S/C76H50N4/c1-7-20-51(21-8-1)57-34-39-72-65(45-57)66-46-58(52-22-9-2-10-23-52)35-40-73(66)79(72)63-33-19-32-61(44-63)64-49-62(76-77-69(55-28-15-5-16-29-55)50-70(78-76)56-30-17-6-18-31-56)38-43-71(64)80-74-41-36-59(53-24-11-3-12-25-53)47-67(74)68-48-60(37-42-75(68)80)54-26-13-4-14-27-54/h1-50H. The Morgan fingerprint density at radius 3 is 0.938 bits per heavy atom. The molecular weight excluding hydrogens is 969 g/mol. The van der Waals surface area contributed by atoms with Crippen LogP contribution in [0.4, 0.5) is 0 Å². The van der Waals surface area contributed by atoms with Crippen LogP contribution in [0.15, 0.2) is 303 Å². The van der Waals surface area contributed by atoms with Crippen molar-refractivity contribution >= 4 is 43.6 Å². The molecule has 0 aliphatic heterocycles. The second-order valence-electron chi connectivity index (χ2n) is 20.5. The number of aromatic nitrogens is 4. The molecule has 0 aliphatic rings. The normalized spacial score (nSPS) is 11.5. The summed E-state index contributed by atoms with van der Waals surface area (Å²) < 4.78 is 4.91. The SMILES string of the molecule is c1ccc(-c2ccc3c(c2)c2cc(-c4ccccc4)ccc2n3-c2cccc(-c3cc(-c4nc(-c5ccccc5)cc(-c5ccccc5)n4)ccc3-n3c4ccc(-c5ccccc5)cc4c4cc(-c5ccccc5)ccc43)c2)cc1. The lowest BCUT2D eigenvalue weighted by atomic mass is 9.98. The lowest BCUT2D eigenvalue weighted by Gasteiger charge is -2.18. The molecule has 0 saturated heterocycles. The summed E-state index contributed by atoms with van der Waals surface area (Å²) in [6.07, 6.45) is 0. The summed E-state index contributed by atoms with van der Waals surface area (Å²) in [6, 6.07) is 109. The van der Waals surface area contributed by atoms with Crippen molar-refractivity contribution in [3.05, 3.63) is 303 Å². The second-order valence-corrected chi connectivity index (χ2v) is 20.5. The maximum atomic E-state index is 5.37. The minimum atomic E-state index is 0.655. The van der Waals surface area contributed by atoms with Crippen LogP contribution in [0.5, 0.6) is 0 Å². The second kappa shape index (κ2) is 19.7. The molecule has 0 amide bonds. The minimum absolute atomic E-state index is 0.655. The number of hydrogen-bond acceptors (Lipinski definition) is 2. The van der Waals surface area contributed by atoms with Crippen molar-refractivity contribution in [2.75, 3.05) is 0 Å². The first-order valence-corrected chi connectivity index (χ1v) is 27.3. The molecule has 0 atom stereocenters. The van der Waals surface area contributed by atoms with Crippen molar-refractivity contribution in [2.45, 2.75) is 0 Å². The molecule has 0 radical (unpaired) electrons. The first-order chi connectivity index (χ1) is 39.6. The molecule has 374 valence electrons. The van der Waals surface area contributed by atoms with E-state index in [1.807, 2.05) is 12.1 Å². The van der Waals surface area contributed by atoms with E-state index in [4.69, 9.17) is 9.97 Å². The third kappa shape index (κ3) is 8.35. The van der Waals surface area contributed by atoms with Crippen LogP contribution in [0.25, 0.3) is 145 Å². The first kappa shape index (κ1) is 46.6. The molecule has 80 heavy (non-hydrogen) atoms. The fourth-order valence-electron chi connectivity index (χ4n) is 11.8. The van der Waals surface area contributed by atoms with E-state index in [0.717, 1.165) is 72.6 Å². The molecule has 3 heterocycles. The Labute approximate surface area is 464 Å². The average molecular weight is 1020 g/mol. The highest BCUT2D eigenvalue weighted by Gasteiger charge is 2.22. The highest BCUT2D eigenvalue weighted by Crippen LogP contribution is 2.43. The van der Waals surface area contributed by atoms with Crippen LogP contribution in [0.2, 0.25) is 0 Å². The molecule has 0 unspecified atom stereocenters. The Kier molecular flexibility index (Phi) is 11.5. The lowest BCUT2D eigenvalue weighted by Crippen LogP contribution is -2.01. The molecule has 0 aliphatic carbocycles. The van der Waals surface area contributed by atoms with Crippen molar-refractivity contribution in [1.82, 2.24) is 19.1 Å². The highest BCUT2D eigenvalue weighted by molar-refractivity contribution is 6.13. The minimum Gasteiger partial charge on any atom is -0.309 e. The van der Waals surface area contributed by atoms with Crippen LogP contribution in [-0.4, -0.2) is 19.1 Å². The zero-order valence-corrected chi connectivity index (χ0v) is 43.7. The van der Waals surface area contributed by atoms with Crippen molar-refractivity contribution < 1.29 is 0 Å². The van der Waals surface area contributed by atoms with Gasteiger partial charge in [0, 0.05) is 49.5 Å². The smallest absolute Gasteiger partial charge is 0.160 e. The van der Waals surface area contributed by atoms with E-state index in [9.17, 15) is 0 Å². The Morgan fingerprint density at radius 2 is 0.550 bits per heavy atom. The third-order valence-corrected chi connectivity index (χ3v) is 15.7. The molecule has 12 aromatic carbocycles. The van der Waals surface area contributed by atoms with Gasteiger partial charge in [-0.15, -0.1) is 0 Å². The number of nitrogens with zero attached hydrogens (tertiary/aromatic N) is 4. The predicted octanol–water partition coefficient (Wildman–Crippen LogP) is 20.0. The van der Waals surface area contributed by atoms with Gasteiger partial charge in [-0.05, 0) is 135 Å². The largest absolute Gasteiger partial charge is 0.309 e. The molecular formula is C76H50N4. The molecule has 0 N–H and O–H groups in total. The summed E-state index contributed by atoms with van der Waals surface area (Å²) in [6.45, 7) is 0. The molecule has 15 aromatic rings. The van der Waals surface area contributed by atoms with Gasteiger partial charge in [-0.2, -0.15) is 0 Å². The van der Waals surface area contributed by atoms with Gasteiger partial charge in [-0.1, -0.05) is 218 Å². The molecule has 4 heteroatoms. The zero-order valence-electron chi connectivity index (χ0n) is 43.7. The molecule has 0 fully saturated rings. The van der Waals surface area contributed by atoms with Gasteiger partial charge in [0.15, 0.2) is 5.82 Å². The Balaban J connectivity index is 0.981. The van der Waals surface area contributed by atoms with Gasteiger partial charge in [0.05, 0.1) is 39.1 Å². The van der Waals surface area contributed by atoms with Gasteiger partial charge in [-0.3, -0.25) is 0 Å². The van der Waals surface area contributed by atoms with Crippen molar-refractivity contribution in [3.63, 3.8) is 0 Å². The number of benzene rings is 12. The van der Waals surface area contributed by atoms with E-state index in [0.29, 0.717) is 5.82 Å². The van der Waals surface area contributed by atoms with Crippen LogP contribution in [-0.2, 0) is 0 Å². The number of rotatable bonds is 10. The van der Waals surface area contributed by atoms with Crippen LogP contribution >= 0.6 is 0 Å². The summed E-state index contributed by atoms with van der Waals surface area (Å²) in [7, 11) is 0. The summed E-state index contributed by atoms with van der Waals surface area (Å²) in [5.74, 6) is 0.655. The summed E-state index contributed by atoms with van der Waals surface area (Å²) in [5, 5.41) is 4.77. The third-order valence-electron chi connectivity index (χ3n) is 15.7. The Hall–Kier alpha value is -10.7. The first-order valence-electron chi connectivity index (χ1n) is 27.3. The van der Waals surface area contributed by atoms with Crippen LogP contribution in [0.1, 0.15) is 0 Å². The van der Waals surface area contributed by atoms with Crippen LogP contribution in [0, 0.1) is 0 Å². The van der Waals surface area contributed by atoms with Gasteiger partial charge in [-0.25, -0.2) is 9.97 Å². The lowest BCUT2D eigenvalue weighted by molar-refractivity contribution is 1.16. The van der Waals surface area contributed by atoms with E-state index >= 15 is 0 Å². The van der Waals surface area contributed by atoms with E-state index in [-0.39, 0.29) is 0 Å². The molecule has 0 spiro atoms. The number of fused-ring (bicyclic) bond motifs is 6. The zero-order chi connectivity index (χ0) is 52.9. The van der Waals surface area contributed by atoms with Gasteiger partial charge < -0.3 is 9.13 Å². The molecule has 15 rings (SSSR count). The summed E-state index contributed by atoms with van der Waals surface area (Å²) >= 11 is 0. The molecule has 0 saturated carbocycles. The van der Waals surface area contributed by atoms with E-state index in [2.05, 4.69) is 300 Å². The molecule has 3 aromatic heterocycles. The van der Waals surface area contributed by atoms with Crippen molar-refractivity contribution in [2.24, 2.45) is 0 Å². The van der Waals surface area contributed by atoms with Gasteiger partial charge in [0.1, 0.15) is 0 Å². The monoisotopic (exact) mass is 1020 g/mol. The number of hydrogen-bond donors (Lipinski definition) is 0. The van der Waals surface area contributed by atoms with Gasteiger partial charge in [0.2, 0.25) is 0 Å². The highest BCUT2D eigenvalue weighted by atomic mass is 15.0. The topological polar surface area (TPSA) is 35.6 Å². The van der Waals surface area contributed by atoms with Gasteiger partial charge in [0.25, 0.3) is 0 Å². The van der Waals surface area contributed by atoms with Crippen LogP contribution in [0.3, 0.4) is 0 Å². The van der Waals surface area contributed by atoms with Crippen LogP contribution < -0.4 is 0 Å². The van der Waals surface area contributed by atoms with Crippen molar-refractivity contribution in [1.29, 1.82) is 0 Å². The fourth-order valence-corrected chi connectivity index (χ4v) is 11.8. The average Bonchev–Trinajstić information content (AvgIpc) is 4.05. The van der Waals surface area contributed by atoms with Gasteiger partial charge >= 0.3 is 0 Å². The van der Waals surface area contributed by atoms with E-state index in [1.54, 1.807) is 0 Å².